The van der Waals surface area contributed by atoms with Gasteiger partial charge in [-0.15, -0.1) is 0 Å². The maximum absolute atomic E-state index is 5.41. The normalized spacial score (nSPS) is 19.5. The van der Waals surface area contributed by atoms with Gasteiger partial charge in [0, 0.05) is 13.0 Å². The van der Waals surface area contributed by atoms with Crippen LogP contribution in [0.5, 0.6) is 0 Å². The molecule has 0 bridgehead atoms. The Kier molecular flexibility index (Phi) is 3.60. The van der Waals surface area contributed by atoms with Crippen LogP contribution in [-0.2, 0) is 6.42 Å². The lowest BCUT2D eigenvalue weighted by Crippen LogP contribution is -2.28. The summed E-state index contributed by atoms with van der Waals surface area (Å²) in [5.41, 5.74) is 2.49. The van der Waals surface area contributed by atoms with Gasteiger partial charge < -0.3 is 9.84 Å². The second-order valence-electron chi connectivity index (χ2n) is 5.26. The molecule has 1 saturated heterocycles. The predicted molar refractivity (Wildman–Crippen MR) is 73.1 cm³/mol. The van der Waals surface area contributed by atoms with E-state index in [0.717, 1.165) is 37.6 Å². The van der Waals surface area contributed by atoms with Gasteiger partial charge in [-0.3, -0.25) is 0 Å². The molecule has 4 heteroatoms. The van der Waals surface area contributed by atoms with Crippen molar-refractivity contribution >= 4 is 0 Å². The van der Waals surface area contributed by atoms with Crippen LogP contribution < -0.4 is 5.32 Å². The molecule has 2 heterocycles. The average Bonchev–Trinajstić information content (AvgIpc) is 2.88. The third kappa shape index (κ3) is 3.01. The number of nitrogens with one attached hydrogen (secondary N) is 1. The van der Waals surface area contributed by atoms with Crippen molar-refractivity contribution < 1.29 is 4.52 Å². The van der Waals surface area contributed by atoms with E-state index in [1.54, 1.807) is 0 Å². The molecule has 100 valence electrons. The first kappa shape index (κ1) is 12.4. The van der Waals surface area contributed by atoms with Crippen LogP contribution in [0.1, 0.15) is 41.6 Å². The van der Waals surface area contributed by atoms with Crippen LogP contribution >= 0.6 is 0 Å². The summed E-state index contributed by atoms with van der Waals surface area (Å²) < 4.78 is 5.41. The Hall–Kier alpha value is -1.68. The highest BCUT2D eigenvalue weighted by molar-refractivity contribution is 5.24. The molecule has 1 N–H and O–H groups in total. The van der Waals surface area contributed by atoms with Crippen LogP contribution in [0, 0.1) is 6.92 Å². The smallest absolute Gasteiger partial charge is 0.231 e. The first-order chi connectivity index (χ1) is 9.31. The minimum absolute atomic E-state index is 0.382. The standard InChI is InChI=1S/C15H19N3O/c1-11-4-2-5-12(8-11)9-14-17-15(19-18-14)13-6-3-7-16-10-13/h2,4-5,8,13,16H,3,6-7,9-10H2,1H3/t13-/m1/s1. The highest BCUT2D eigenvalue weighted by Crippen LogP contribution is 2.21. The first-order valence-electron chi connectivity index (χ1n) is 6.90. The van der Waals surface area contributed by atoms with Crippen LogP contribution in [0.15, 0.2) is 28.8 Å². The predicted octanol–water partition coefficient (Wildman–Crippen LogP) is 2.44. The second-order valence-corrected chi connectivity index (χ2v) is 5.26. The van der Waals surface area contributed by atoms with E-state index in [0.29, 0.717) is 5.92 Å². The summed E-state index contributed by atoms with van der Waals surface area (Å²) in [4.78, 5) is 4.54. The van der Waals surface area contributed by atoms with Crippen molar-refractivity contribution in [3.05, 3.63) is 47.1 Å². The third-order valence-corrected chi connectivity index (χ3v) is 3.57. The fourth-order valence-electron chi connectivity index (χ4n) is 2.57. The largest absolute Gasteiger partial charge is 0.339 e. The number of hydrogen-bond acceptors (Lipinski definition) is 4. The average molecular weight is 257 g/mol. The lowest BCUT2D eigenvalue weighted by Gasteiger charge is -2.18. The van der Waals surface area contributed by atoms with Gasteiger partial charge in [0.25, 0.3) is 0 Å². The van der Waals surface area contributed by atoms with E-state index in [1.165, 1.54) is 17.5 Å². The zero-order valence-corrected chi connectivity index (χ0v) is 11.2. The minimum Gasteiger partial charge on any atom is -0.339 e. The second kappa shape index (κ2) is 5.53. The minimum atomic E-state index is 0.382. The number of piperidine rings is 1. The molecule has 1 fully saturated rings. The Morgan fingerprint density at radius 3 is 3.16 bits per heavy atom. The van der Waals surface area contributed by atoms with Gasteiger partial charge >= 0.3 is 0 Å². The monoisotopic (exact) mass is 257 g/mol. The summed E-state index contributed by atoms with van der Waals surface area (Å²) in [5, 5.41) is 7.47. The molecule has 0 spiro atoms. The molecule has 0 aliphatic carbocycles. The summed E-state index contributed by atoms with van der Waals surface area (Å²) in [5.74, 6) is 1.95. The molecule has 1 aromatic carbocycles. The molecular weight excluding hydrogens is 238 g/mol. The maximum Gasteiger partial charge on any atom is 0.231 e. The molecule has 1 aromatic heterocycles. The number of rotatable bonds is 3. The number of nitrogens with zero attached hydrogens (tertiary/aromatic N) is 2. The molecule has 19 heavy (non-hydrogen) atoms. The van der Waals surface area contributed by atoms with E-state index in [9.17, 15) is 0 Å². The summed E-state index contributed by atoms with van der Waals surface area (Å²) in [6.45, 7) is 4.14. The van der Waals surface area contributed by atoms with Crippen molar-refractivity contribution in [2.45, 2.75) is 32.1 Å². The highest BCUT2D eigenvalue weighted by Gasteiger charge is 2.21. The number of aromatic nitrogens is 2. The molecule has 4 nitrogen and oxygen atoms in total. The summed E-state index contributed by atoms with van der Waals surface area (Å²) in [6.07, 6.45) is 3.06. The van der Waals surface area contributed by atoms with Gasteiger partial charge in [0.2, 0.25) is 5.89 Å². The summed E-state index contributed by atoms with van der Waals surface area (Å²) in [6, 6.07) is 8.43. The lowest BCUT2D eigenvalue weighted by atomic mass is 10.00. The van der Waals surface area contributed by atoms with E-state index in [-0.39, 0.29) is 0 Å². The zero-order valence-electron chi connectivity index (χ0n) is 11.2. The Labute approximate surface area is 113 Å². The Morgan fingerprint density at radius 2 is 2.37 bits per heavy atom. The van der Waals surface area contributed by atoms with Crippen LogP contribution in [-0.4, -0.2) is 23.2 Å². The van der Waals surface area contributed by atoms with E-state index >= 15 is 0 Å². The molecular formula is C15H19N3O. The van der Waals surface area contributed by atoms with Gasteiger partial charge in [0.1, 0.15) is 0 Å². The quantitative estimate of drug-likeness (QED) is 0.917. The van der Waals surface area contributed by atoms with Gasteiger partial charge in [0.15, 0.2) is 5.82 Å². The van der Waals surface area contributed by atoms with Crippen LogP contribution in [0.25, 0.3) is 0 Å². The molecule has 0 saturated carbocycles. The van der Waals surface area contributed by atoms with Gasteiger partial charge in [-0.1, -0.05) is 35.0 Å². The molecule has 0 amide bonds. The Morgan fingerprint density at radius 1 is 1.42 bits per heavy atom. The van der Waals surface area contributed by atoms with Gasteiger partial charge in [-0.05, 0) is 31.9 Å². The fourth-order valence-corrected chi connectivity index (χ4v) is 2.57. The first-order valence-corrected chi connectivity index (χ1v) is 6.90. The highest BCUT2D eigenvalue weighted by atomic mass is 16.5. The summed E-state index contributed by atoms with van der Waals surface area (Å²) >= 11 is 0. The van der Waals surface area contributed by atoms with Gasteiger partial charge in [0.05, 0.1) is 5.92 Å². The zero-order chi connectivity index (χ0) is 13.1. The Bertz CT molecular complexity index is 544. The molecule has 1 aliphatic rings. The van der Waals surface area contributed by atoms with Gasteiger partial charge in [-0.25, -0.2) is 0 Å². The van der Waals surface area contributed by atoms with E-state index < -0.39 is 0 Å². The van der Waals surface area contributed by atoms with E-state index in [4.69, 9.17) is 4.52 Å². The summed E-state index contributed by atoms with van der Waals surface area (Å²) in [7, 11) is 0. The van der Waals surface area contributed by atoms with Crippen molar-refractivity contribution in [3.63, 3.8) is 0 Å². The van der Waals surface area contributed by atoms with Crippen LogP contribution in [0.2, 0.25) is 0 Å². The SMILES string of the molecule is Cc1cccc(Cc2noc([C@@H]3CCCNC3)n2)c1. The number of hydrogen-bond donors (Lipinski definition) is 1. The lowest BCUT2D eigenvalue weighted by molar-refractivity contribution is 0.320. The maximum atomic E-state index is 5.41. The van der Waals surface area contributed by atoms with Crippen molar-refractivity contribution in [2.24, 2.45) is 0 Å². The van der Waals surface area contributed by atoms with E-state index in [1.807, 2.05) is 0 Å². The van der Waals surface area contributed by atoms with Crippen molar-refractivity contribution in [2.75, 3.05) is 13.1 Å². The Balaban J connectivity index is 1.70. The van der Waals surface area contributed by atoms with Crippen molar-refractivity contribution in [3.8, 4) is 0 Å². The van der Waals surface area contributed by atoms with Crippen LogP contribution in [0.4, 0.5) is 0 Å². The fraction of sp³-hybridized carbons (Fsp3) is 0.467. The van der Waals surface area contributed by atoms with Crippen LogP contribution in [0.3, 0.4) is 0 Å². The van der Waals surface area contributed by atoms with Crippen molar-refractivity contribution in [1.82, 2.24) is 15.5 Å². The third-order valence-electron chi connectivity index (χ3n) is 3.57. The molecule has 2 aromatic rings. The molecule has 0 radical (unpaired) electrons. The van der Waals surface area contributed by atoms with Gasteiger partial charge in [-0.2, -0.15) is 4.98 Å². The molecule has 0 unspecified atom stereocenters. The van der Waals surface area contributed by atoms with Crippen molar-refractivity contribution in [1.29, 1.82) is 0 Å². The molecule has 1 atom stereocenters. The molecule has 1 aliphatic heterocycles. The molecule has 3 rings (SSSR count). The number of aryl methyl sites for hydroxylation is 1. The number of benzene rings is 1. The van der Waals surface area contributed by atoms with E-state index in [2.05, 4.69) is 46.6 Å². The topological polar surface area (TPSA) is 51.0 Å².